The van der Waals surface area contributed by atoms with Crippen LogP contribution in [0.1, 0.15) is 12.8 Å². The monoisotopic (exact) mass is 292 g/mol. The first kappa shape index (κ1) is 13.1. The van der Waals surface area contributed by atoms with Gasteiger partial charge in [0.05, 0.1) is 23.2 Å². The molecule has 110 valence electrons. The molecule has 1 saturated heterocycles. The molecule has 4 nitrogen and oxygen atoms in total. The molecule has 0 unspecified atom stereocenters. The highest BCUT2D eigenvalue weighted by molar-refractivity contribution is 6.24. The maximum atomic E-state index is 12.7. The highest BCUT2D eigenvalue weighted by atomic mass is 16.2. The van der Waals surface area contributed by atoms with Crippen LogP contribution in [0.5, 0.6) is 0 Å². The molecule has 2 N–H and O–H groups in total. The van der Waals surface area contributed by atoms with Crippen LogP contribution in [0.2, 0.25) is 0 Å². The first-order valence-electron chi connectivity index (χ1n) is 7.48. The summed E-state index contributed by atoms with van der Waals surface area (Å²) in [6.07, 6.45) is 5.25. The van der Waals surface area contributed by atoms with Gasteiger partial charge in [0.15, 0.2) is 0 Å². The number of imide groups is 1. The van der Waals surface area contributed by atoms with Gasteiger partial charge < -0.3 is 5.73 Å². The Balaban J connectivity index is 1.83. The van der Waals surface area contributed by atoms with E-state index in [1.807, 2.05) is 48.6 Å². The van der Waals surface area contributed by atoms with Gasteiger partial charge in [0.25, 0.3) is 0 Å². The smallest absolute Gasteiger partial charge is 0.238 e. The number of anilines is 2. The number of nitrogen functional groups attached to an aromatic ring is 1. The molecule has 2 aromatic rings. The second-order valence-electron chi connectivity index (χ2n) is 5.93. The normalized spacial score (nSPS) is 24.1. The number of carbonyl (C=O) groups is 2. The standard InChI is InChI=1S/C18H16N2O2/c19-15-9-11-5-1-2-6-12(11)10-16(15)20-17(21)13-7-3-4-8-14(13)18(20)22/h1-6,9-10,13-14H,7-8,19H2/t13-,14+. The summed E-state index contributed by atoms with van der Waals surface area (Å²) in [5.41, 5.74) is 7.10. The molecule has 0 spiro atoms. The number of amides is 2. The third-order valence-electron chi connectivity index (χ3n) is 4.64. The number of allylic oxidation sites excluding steroid dienone is 2. The minimum atomic E-state index is -0.233. The van der Waals surface area contributed by atoms with E-state index in [0.29, 0.717) is 24.2 Å². The fourth-order valence-electron chi connectivity index (χ4n) is 3.48. The molecular weight excluding hydrogens is 276 g/mol. The third-order valence-corrected chi connectivity index (χ3v) is 4.64. The van der Waals surface area contributed by atoms with Gasteiger partial charge in [-0.3, -0.25) is 9.59 Å². The molecule has 2 amide bonds. The van der Waals surface area contributed by atoms with Crippen LogP contribution in [0.3, 0.4) is 0 Å². The number of fused-ring (bicyclic) bond motifs is 2. The van der Waals surface area contributed by atoms with Gasteiger partial charge in [-0.15, -0.1) is 0 Å². The van der Waals surface area contributed by atoms with E-state index in [9.17, 15) is 9.59 Å². The molecule has 0 saturated carbocycles. The zero-order chi connectivity index (χ0) is 15.3. The van der Waals surface area contributed by atoms with Crippen molar-refractivity contribution >= 4 is 34.0 Å². The minimum absolute atomic E-state index is 0.124. The van der Waals surface area contributed by atoms with E-state index in [2.05, 4.69) is 0 Å². The van der Waals surface area contributed by atoms with Gasteiger partial charge >= 0.3 is 0 Å². The molecule has 0 bridgehead atoms. The lowest BCUT2D eigenvalue weighted by Crippen LogP contribution is -2.31. The van der Waals surface area contributed by atoms with Crippen LogP contribution in [-0.4, -0.2) is 11.8 Å². The topological polar surface area (TPSA) is 63.4 Å². The molecular formula is C18H16N2O2. The molecule has 1 heterocycles. The number of hydrogen-bond donors (Lipinski definition) is 1. The van der Waals surface area contributed by atoms with Gasteiger partial charge in [-0.1, -0.05) is 36.4 Å². The summed E-state index contributed by atoms with van der Waals surface area (Å²) < 4.78 is 0. The summed E-state index contributed by atoms with van der Waals surface area (Å²) in [5.74, 6) is -0.714. The van der Waals surface area contributed by atoms with Crippen LogP contribution in [-0.2, 0) is 9.59 Å². The Hall–Kier alpha value is -2.62. The Morgan fingerprint density at radius 3 is 2.05 bits per heavy atom. The van der Waals surface area contributed by atoms with Crippen LogP contribution in [0.4, 0.5) is 11.4 Å². The minimum Gasteiger partial charge on any atom is -0.397 e. The average molecular weight is 292 g/mol. The van der Waals surface area contributed by atoms with Crippen molar-refractivity contribution in [1.29, 1.82) is 0 Å². The van der Waals surface area contributed by atoms with E-state index in [0.717, 1.165) is 10.8 Å². The molecule has 2 atom stereocenters. The molecule has 0 radical (unpaired) electrons. The molecule has 1 aliphatic heterocycles. The number of carbonyl (C=O) groups excluding carboxylic acids is 2. The second kappa shape index (κ2) is 4.70. The van der Waals surface area contributed by atoms with Crippen molar-refractivity contribution in [2.45, 2.75) is 12.8 Å². The van der Waals surface area contributed by atoms with Gasteiger partial charge in [0, 0.05) is 0 Å². The summed E-state index contributed by atoms with van der Waals surface area (Å²) in [7, 11) is 0. The zero-order valence-electron chi connectivity index (χ0n) is 12.0. The first-order valence-corrected chi connectivity index (χ1v) is 7.48. The maximum absolute atomic E-state index is 12.7. The summed E-state index contributed by atoms with van der Waals surface area (Å²) in [6.45, 7) is 0. The number of nitrogens with zero attached hydrogens (tertiary/aromatic N) is 1. The van der Waals surface area contributed by atoms with Crippen LogP contribution < -0.4 is 10.6 Å². The van der Waals surface area contributed by atoms with E-state index < -0.39 is 0 Å². The van der Waals surface area contributed by atoms with Crippen LogP contribution in [0.15, 0.2) is 48.6 Å². The van der Waals surface area contributed by atoms with Crippen molar-refractivity contribution in [1.82, 2.24) is 0 Å². The fraction of sp³-hybridized carbons (Fsp3) is 0.222. The molecule has 2 aliphatic rings. The van der Waals surface area contributed by atoms with E-state index in [1.165, 1.54) is 4.90 Å². The Bertz CT molecular complexity index is 799. The van der Waals surface area contributed by atoms with Crippen molar-refractivity contribution in [2.24, 2.45) is 11.8 Å². The van der Waals surface area contributed by atoms with Crippen molar-refractivity contribution in [3.63, 3.8) is 0 Å². The van der Waals surface area contributed by atoms with Gasteiger partial charge in [-0.2, -0.15) is 0 Å². The Labute approximate surface area is 128 Å². The summed E-state index contributed by atoms with van der Waals surface area (Å²) >= 11 is 0. The quantitative estimate of drug-likeness (QED) is 0.499. The Morgan fingerprint density at radius 1 is 0.909 bits per heavy atom. The van der Waals surface area contributed by atoms with Crippen molar-refractivity contribution < 1.29 is 9.59 Å². The van der Waals surface area contributed by atoms with Crippen LogP contribution in [0.25, 0.3) is 10.8 Å². The number of benzene rings is 2. The number of hydrogen-bond acceptors (Lipinski definition) is 3. The number of rotatable bonds is 1. The van der Waals surface area contributed by atoms with E-state index in [1.54, 1.807) is 0 Å². The Morgan fingerprint density at radius 2 is 1.45 bits per heavy atom. The maximum Gasteiger partial charge on any atom is 0.238 e. The van der Waals surface area contributed by atoms with E-state index in [4.69, 9.17) is 5.73 Å². The van der Waals surface area contributed by atoms with E-state index in [-0.39, 0.29) is 23.7 Å². The van der Waals surface area contributed by atoms with Crippen molar-refractivity contribution in [2.75, 3.05) is 10.6 Å². The molecule has 1 fully saturated rings. The predicted octanol–water partition coefficient (Wildman–Crippen LogP) is 2.88. The lowest BCUT2D eigenvalue weighted by atomic mass is 9.85. The fourth-order valence-corrected chi connectivity index (χ4v) is 3.48. The highest BCUT2D eigenvalue weighted by Gasteiger charge is 2.48. The summed E-state index contributed by atoms with van der Waals surface area (Å²) in [5, 5.41) is 1.97. The second-order valence-corrected chi connectivity index (χ2v) is 5.93. The molecule has 4 rings (SSSR count). The van der Waals surface area contributed by atoms with Gasteiger partial charge in [-0.25, -0.2) is 4.90 Å². The predicted molar refractivity (Wildman–Crippen MR) is 86.2 cm³/mol. The van der Waals surface area contributed by atoms with Gasteiger partial charge in [-0.05, 0) is 35.7 Å². The Kier molecular flexibility index (Phi) is 2.79. The molecule has 1 aliphatic carbocycles. The summed E-state index contributed by atoms with van der Waals surface area (Å²) in [6, 6.07) is 11.5. The average Bonchev–Trinajstić information content (AvgIpc) is 2.79. The van der Waals surface area contributed by atoms with Gasteiger partial charge in [0.2, 0.25) is 11.8 Å². The number of nitrogens with two attached hydrogens (primary N) is 1. The van der Waals surface area contributed by atoms with Crippen molar-refractivity contribution in [3.05, 3.63) is 48.6 Å². The SMILES string of the molecule is Nc1cc2ccccc2cc1N1C(=O)[C@H]2CC=CC[C@H]2C1=O. The lowest BCUT2D eigenvalue weighted by molar-refractivity contribution is -0.122. The van der Waals surface area contributed by atoms with E-state index >= 15 is 0 Å². The van der Waals surface area contributed by atoms with Gasteiger partial charge in [0.1, 0.15) is 0 Å². The highest BCUT2D eigenvalue weighted by Crippen LogP contribution is 2.40. The van der Waals surface area contributed by atoms with Crippen LogP contribution >= 0.6 is 0 Å². The lowest BCUT2D eigenvalue weighted by Gasteiger charge is -2.18. The first-order chi connectivity index (χ1) is 10.7. The largest absolute Gasteiger partial charge is 0.397 e. The molecule has 4 heteroatoms. The molecule has 22 heavy (non-hydrogen) atoms. The molecule has 2 aromatic carbocycles. The zero-order valence-corrected chi connectivity index (χ0v) is 12.0. The van der Waals surface area contributed by atoms with Crippen molar-refractivity contribution in [3.8, 4) is 0 Å². The van der Waals surface area contributed by atoms with Crippen LogP contribution in [0, 0.1) is 11.8 Å². The summed E-state index contributed by atoms with van der Waals surface area (Å²) in [4.78, 5) is 26.6. The molecule has 0 aromatic heterocycles. The third kappa shape index (κ3) is 1.77.